The van der Waals surface area contributed by atoms with Gasteiger partial charge in [-0.3, -0.25) is 9.59 Å². The number of hydrogen-bond acceptors (Lipinski definition) is 6. The van der Waals surface area contributed by atoms with Gasteiger partial charge in [0.25, 0.3) is 15.9 Å². The van der Waals surface area contributed by atoms with E-state index in [-0.39, 0.29) is 17.0 Å². The molecule has 0 aliphatic heterocycles. The van der Waals surface area contributed by atoms with Gasteiger partial charge < -0.3 is 14.5 Å². The average Bonchev–Trinajstić information content (AvgIpc) is 2.83. The van der Waals surface area contributed by atoms with Crippen LogP contribution in [0.4, 0.5) is 5.69 Å². The molecule has 0 N–H and O–H groups in total. The van der Waals surface area contributed by atoms with Gasteiger partial charge in [-0.15, -0.1) is 0 Å². The molecule has 0 aliphatic rings. The van der Waals surface area contributed by atoms with Crippen LogP contribution < -0.4 is 9.31 Å². The van der Waals surface area contributed by atoms with Crippen molar-refractivity contribution in [2.75, 3.05) is 25.2 Å². The second kappa shape index (κ2) is 9.97. The fourth-order valence-electron chi connectivity index (χ4n) is 2.78. The number of amides is 1. The van der Waals surface area contributed by atoms with Crippen molar-refractivity contribution in [3.63, 3.8) is 0 Å². The first-order chi connectivity index (χ1) is 15.3. The Labute approximate surface area is 186 Å². The molecule has 0 atom stereocenters. The molecule has 32 heavy (non-hydrogen) atoms. The molecule has 0 saturated carbocycles. The quantitative estimate of drug-likeness (QED) is 0.384. The highest BCUT2D eigenvalue weighted by Gasteiger charge is 2.28. The first-order valence-corrected chi connectivity index (χ1v) is 11.0. The zero-order valence-corrected chi connectivity index (χ0v) is 18.4. The van der Waals surface area contributed by atoms with Crippen LogP contribution in [0.25, 0.3) is 0 Å². The maximum absolute atomic E-state index is 13.4. The number of carbonyl (C=O) groups excluding carboxylic acids is 2. The number of nitrogens with zero attached hydrogens (tertiary/aromatic N) is 2. The van der Waals surface area contributed by atoms with E-state index in [9.17, 15) is 18.0 Å². The van der Waals surface area contributed by atoms with Gasteiger partial charge in [0.15, 0.2) is 5.75 Å². The maximum atomic E-state index is 13.4. The van der Waals surface area contributed by atoms with Gasteiger partial charge in [-0.05, 0) is 48.5 Å². The van der Waals surface area contributed by atoms with E-state index in [1.165, 1.54) is 43.3 Å². The van der Waals surface area contributed by atoms with E-state index in [0.717, 1.165) is 4.47 Å². The largest absolute Gasteiger partial charge is 0.468 e. The van der Waals surface area contributed by atoms with Gasteiger partial charge in [0.2, 0.25) is 0 Å². The molecule has 3 aromatic carbocycles. The number of sulfonamides is 1. The summed E-state index contributed by atoms with van der Waals surface area (Å²) in [5, 5.41) is 0. The number of hydrogen-bond donors (Lipinski definition) is 0. The third kappa shape index (κ3) is 5.25. The van der Waals surface area contributed by atoms with Gasteiger partial charge >= 0.3 is 5.97 Å². The van der Waals surface area contributed by atoms with Crippen molar-refractivity contribution in [3.05, 3.63) is 90.5 Å². The van der Waals surface area contributed by atoms with E-state index < -0.39 is 21.9 Å². The summed E-state index contributed by atoms with van der Waals surface area (Å²) in [5.41, 5.74) is 0.542. The molecule has 0 unspecified atom stereocenters. The lowest BCUT2D eigenvalue weighted by atomic mass is 10.2. The predicted molar refractivity (Wildman–Crippen MR) is 119 cm³/mol. The second-order valence-corrected chi connectivity index (χ2v) is 8.49. The normalized spacial score (nSPS) is 10.8. The fourth-order valence-corrected chi connectivity index (χ4v) is 4.04. The summed E-state index contributed by atoms with van der Waals surface area (Å²) < 4.78 is 32.2. The molecule has 0 aliphatic carbocycles. The average molecular weight is 455 g/mol. The molecule has 0 fully saturated rings. The van der Waals surface area contributed by atoms with Crippen LogP contribution in [0.3, 0.4) is 0 Å². The first-order valence-electron chi connectivity index (χ1n) is 9.58. The van der Waals surface area contributed by atoms with Gasteiger partial charge in [-0.1, -0.05) is 40.9 Å². The van der Waals surface area contributed by atoms with Crippen LogP contribution in [-0.4, -0.2) is 45.9 Å². The van der Waals surface area contributed by atoms with E-state index in [1.807, 2.05) is 0 Å². The van der Waals surface area contributed by atoms with Crippen molar-refractivity contribution in [1.29, 1.82) is 0 Å². The number of para-hydroxylation sites is 2. The summed E-state index contributed by atoms with van der Waals surface area (Å²) in [7, 11) is -1.44. The smallest absolute Gasteiger partial charge is 0.325 e. The van der Waals surface area contributed by atoms with E-state index in [1.54, 1.807) is 60.7 Å². The Hall–Kier alpha value is -3.85. The second-order valence-electron chi connectivity index (χ2n) is 6.73. The molecular formula is C23H22N2O6S. The van der Waals surface area contributed by atoms with Gasteiger partial charge in [0, 0.05) is 12.6 Å². The van der Waals surface area contributed by atoms with E-state index >= 15 is 0 Å². The third-order valence-corrected chi connectivity index (χ3v) is 6.05. The SMILES string of the molecule is COC(=O)CN(C)C(=O)c1ccc(S(=O)(=O)N(Oc2ccccc2)c2ccccc2)cc1. The Kier molecular flexibility index (Phi) is 7.11. The first kappa shape index (κ1) is 22.8. The van der Waals surface area contributed by atoms with Crippen LogP contribution >= 0.6 is 0 Å². The van der Waals surface area contributed by atoms with Crippen LogP contribution in [0.5, 0.6) is 5.75 Å². The Morgan fingerprint density at radius 2 is 1.41 bits per heavy atom. The van der Waals surface area contributed by atoms with Gasteiger partial charge in [-0.25, -0.2) is 0 Å². The van der Waals surface area contributed by atoms with Gasteiger partial charge in [0.05, 0.1) is 17.7 Å². The lowest BCUT2D eigenvalue weighted by Gasteiger charge is -2.24. The van der Waals surface area contributed by atoms with Crippen molar-refractivity contribution in [2.45, 2.75) is 4.90 Å². The van der Waals surface area contributed by atoms with Crippen molar-refractivity contribution in [3.8, 4) is 5.75 Å². The van der Waals surface area contributed by atoms with E-state index in [4.69, 9.17) is 4.84 Å². The Balaban J connectivity index is 1.90. The lowest BCUT2D eigenvalue weighted by molar-refractivity contribution is -0.141. The zero-order valence-electron chi connectivity index (χ0n) is 17.5. The third-order valence-electron chi connectivity index (χ3n) is 4.46. The number of methoxy groups -OCH3 is 1. The van der Waals surface area contributed by atoms with Gasteiger partial charge in [-0.2, -0.15) is 8.42 Å². The molecule has 0 spiro atoms. The van der Waals surface area contributed by atoms with Crippen molar-refractivity contribution in [1.82, 2.24) is 4.90 Å². The predicted octanol–water partition coefficient (Wildman–Crippen LogP) is 3.12. The number of esters is 1. The van der Waals surface area contributed by atoms with E-state index in [2.05, 4.69) is 4.74 Å². The summed E-state index contributed by atoms with van der Waals surface area (Å²) in [5.74, 6) is -0.660. The van der Waals surface area contributed by atoms with Crippen LogP contribution in [-0.2, 0) is 19.6 Å². The summed E-state index contributed by atoms with van der Waals surface area (Å²) in [6.45, 7) is -0.220. The topological polar surface area (TPSA) is 93.2 Å². The Bertz CT molecular complexity index is 1170. The van der Waals surface area contributed by atoms with Gasteiger partial charge in [0.1, 0.15) is 6.54 Å². The molecule has 166 valence electrons. The zero-order chi connectivity index (χ0) is 23.1. The molecule has 3 aromatic rings. The number of carbonyl (C=O) groups is 2. The van der Waals surface area contributed by atoms with Crippen molar-refractivity contribution < 1.29 is 27.6 Å². The van der Waals surface area contributed by atoms with Crippen LogP contribution in [0.2, 0.25) is 0 Å². The van der Waals surface area contributed by atoms with Crippen LogP contribution in [0.1, 0.15) is 10.4 Å². The van der Waals surface area contributed by atoms with E-state index in [0.29, 0.717) is 11.4 Å². The summed E-state index contributed by atoms with van der Waals surface area (Å²) in [6.07, 6.45) is 0. The highest BCUT2D eigenvalue weighted by molar-refractivity contribution is 7.92. The minimum atomic E-state index is -4.13. The van der Waals surface area contributed by atoms with Crippen molar-refractivity contribution in [2.24, 2.45) is 0 Å². The molecule has 3 rings (SSSR count). The molecule has 0 saturated heterocycles. The highest BCUT2D eigenvalue weighted by Crippen LogP contribution is 2.26. The number of ether oxygens (including phenoxy) is 1. The molecule has 0 bridgehead atoms. The summed E-state index contributed by atoms with van der Waals surface area (Å²) in [6, 6.07) is 22.3. The minimum Gasteiger partial charge on any atom is -0.468 e. The minimum absolute atomic E-state index is 0.0653. The summed E-state index contributed by atoms with van der Waals surface area (Å²) >= 11 is 0. The Morgan fingerprint density at radius 3 is 1.97 bits per heavy atom. The molecule has 0 radical (unpaired) electrons. The highest BCUT2D eigenvalue weighted by atomic mass is 32.2. The molecular weight excluding hydrogens is 432 g/mol. The number of likely N-dealkylation sites (N-methyl/N-ethyl adjacent to an activating group) is 1. The molecule has 0 aromatic heterocycles. The monoisotopic (exact) mass is 454 g/mol. The molecule has 0 heterocycles. The summed E-state index contributed by atoms with van der Waals surface area (Å²) in [4.78, 5) is 30.7. The fraction of sp³-hybridized carbons (Fsp3) is 0.130. The Morgan fingerprint density at radius 1 is 0.844 bits per heavy atom. The molecule has 8 nitrogen and oxygen atoms in total. The van der Waals surface area contributed by atoms with Crippen LogP contribution in [0, 0.1) is 0 Å². The maximum Gasteiger partial charge on any atom is 0.325 e. The number of rotatable bonds is 8. The van der Waals surface area contributed by atoms with Crippen LogP contribution in [0.15, 0.2) is 89.8 Å². The molecule has 9 heteroatoms. The number of anilines is 1. The standard InChI is InChI=1S/C23H22N2O6S/c1-24(17-22(26)30-2)23(27)18-13-15-21(16-14-18)32(28,29)25(19-9-5-3-6-10-19)31-20-11-7-4-8-12-20/h3-16H,17H2,1-2H3. The van der Waals surface area contributed by atoms with Crippen molar-refractivity contribution >= 4 is 27.6 Å². The lowest BCUT2D eigenvalue weighted by Crippen LogP contribution is -2.34. The number of benzene rings is 3. The molecule has 1 amide bonds.